The molecule has 0 fully saturated rings. The molecule has 1 aromatic rings. The van der Waals surface area contributed by atoms with Crippen LogP contribution in [0.4, 0.5) is 5.69 Å². The van der Waals surface area contributed by atoms with Crippen LogP contribution in [-0.2, 0) is 4.74 Å². The van der Waals surface area contributed by atoms with E-state index in [0.29, 0.717) is 11.3 Å². The van der Waals surface area contributed by atoms with Gasteiger partial charge in [-0.05, 0) is 53.1 Å². The van der Waals surface area contributed by atoms with Crippen molar-refractivity contribution in [3.05, 3.63) is 117 Å². The van der Waals surface area contributed by atoms with Crippen molar-refractivity contribution in [1.82, 2.24) is 0 Å². The molecule has 1 aliphatic heterocycles. The molecule has 2 aliphatic rings. The van der Waals surface area contributed by atoms with Crippen LogP contribution in [0, 0.1) is 10.1 Å². The maximum atomic E-state index is 11.3. The molecule has 0 unspecified atom stereocenters. The second-order valence-corrected chi connectivity index (χ2v) is 7.53. The first-order chi connectivity index (χ1) is 14.8. The molecule has 1 heterocycles. The highest BCUT2D eigenvalue weighted by Gasteiger charge is 2.19. The van der Waals surface area contributed by atoms with Crippen molar-refractivity contribution >= 4 is 17.5 Å². The second-order valence-electron chi connectivity index (χ2n) is 7.53. The zero-order chi connectivity index (χ0) is 22.4. The summed E-state index contributed by atoms with van der Waals surface area (Å²) >= 11 is 0. The Labute approximate surface area is 182 Å². The van der Waals surface area contributed by atoms with Gasteiger partial charge >= 0.3 is 5.88 Å². The van der Waals surface area contributed by atoms with Crippen molar-refractivity contribution in [1.29, 1.82) is 0 Å². The molecule has 31 heavy (non-hydrogen) atoms. The molecule has 1 aromatic carbocycles. The molecule has 0 amide bonds. The summed E-state index contributed by atoms with van der Waals surface area (Å²) in [7, 11) is 7.95. The zero-order valence-electron chi connectivity index (χ0n) is 18.1. The molecule has 6 heteroatoms. The van der Waals surface area contributed by atoms with Gasteiger partial charge in [-0.1, -0.05) is 30.4 Å². The van der Waals surface area contributed by atoms with Crippen LogP contribution in [0.1, 0.15) is 5.56 Å². The Balaban J connectivity index is 1.82. The lowest BCUT2D eigenvalue weighted by molar-refractivity contribution is -0.462. The van der Waals surface area contributed by atoms with Gasteiger partial charge in [0.15, 0.2) is 5.71 Å². The van der Waals surface area contributed by atoms with Gasteiger partial charge in [-0.2, -0.15) is 0 Å². The van der Waals surface area contributed by atoms with Gasteiger partial charge < -0.3 is 9.64 Å². The highest BCUT2D eigenvalue weighted by Crippen LogP contribution is 2.22. The Kier molecular flexibility index (Phi) is 6.82. The molecular weight excluding hydrogens is 390 g/mol. The molecule has 0 bridgehead atoms. The van der Waals surface area contributed by atoms with E-state index in [9.17, 15) is 10.1 Å². The van der Waals surface area contributed by atoms with E-state index in [2.05, 4.69) is 0 Å². The van der Waals surface area contributed by atoms with Crippen molar-refractivity contribution in [2.45, 2.75) is 0 Å². The first-order valence-corrected chi connectivity index (χ1v) is 9.85. The fraction of sp³-hybridized carbons (Fsp3) is 0.160. The lowest BCUT2D eigenvalue weighted by atomic mass is 10.1. The summed E-state index contributed by atoms with van der Waals surface area (Å²) in [6.45, 7) is 0. The van der Waals surface area contributed by atoms with Crippen molar-refractivity contribution < 1.29 is 14.2 Å². The Morgan fingerprint density at radius 3 is 2.19 bits per heavy atom. The highest BCUT2D eigenvalue weighted by molar-refractivity contribution is 6.02. The van der Waals surface area contributed by atoms with Gasteiger partial charge in [-0.25, -0.2) is 4.58 Å². The lowest BCUT2D eigenvalue weighted by Gasteiger charge is -2.12. The van der Waals surface area contributed by atoms with E-state index in [1.165, 1.54) is 6.08 Å². The summed E-state index contributed by atoms with van der Waals surface area (Å²) < 4.78 is 7.45. The molecule has 0 radical (unpaired) electrons. The highest BCUT2D eigenvalue weighted by atomic mass is 16.7. The number of hydrogen-bond acceptors (Lipinski definition) is 4. The van der Waals surface area contributed by atoms with Gasteiger partial charge in [0.25, 0.3) is 0 Å². The summed E-state index contributed by atoms with van der Waals surface area (Å²) in [5, 5.41) is 11.3. The average Bonchev–Trinajstić information content (AvgIpc) is 2.76. The van der Waals surface area contributed by atoms with E-state index in [0.717, 1.165) is 22.5 Å². The number of hydrogen-bond donors (Lipinski definition) is 0. The van der Waals surface area contributed by atoms with Crippen LogP contribution < -0.4 is 4.90 Å². The summed E-state index contributed by atoms with van der Waals surface area (Å²) in [5.41, 5.74) is 4.88. The molecule has 0 saturated heterocycles. The third-order valence-electron chi connectivity index (χ3n) is 4.73. The van der Waals surface area contributed by atoms with E-state index in [1.54, 1.807) is 12.2 Å². The van der Waals surface area contributed by atoms with Crippen LogP contribution in [0.15, 0.2) is 102 Å². The Morgan fingerprint density at radius 2 is 1.61 bits per heavy atom. The Bertz CT molecular complexity index is 1090. The van der Waals surface area contributed by atoms with E-state index in [1.807, 2.05) is 104 Å². The zero-order valence-corrected chi connectivity index (χ0v) is 18.1. The van der Waals surface area contributed by atoms with Gasteiger partial charge in [-0.15, -0.1) is 0 Å². The summed E-state index contributed by atoms with van der Waals surface area (Å²) in [5.74, 6) is 0.112. The van der Waals surface area contributed by atoms with Gasteiger partial charge in [0.2, 0.25) is 0 Å². The van der Waals surface area contributed by atoms with E-state index >= 15 is 0 Å². The van der Waals surface area contributed by atoms with Gasteiger partial charge in [0.05, 0.1) is 6.08 Å². The molecule has 1 aliphatic carbocycles. The molecule has 0 atom stereocenters. The van der Waals surface area contributed by atoms with Crippen molar-refractivity contribution in [2.24, 2.45) is 0 Å². The molecule has 0 saturated carbocycles. The van der Waals surface area contributed by atoms with Crippen LogP contribution >= 0.6 is 0 Å². The maximum Gasteiger partial charge on any atom is 0.433 e. The third kappa shape index (κ3) is 6.02. The van der Waals surface area contributed by atoms with Crippen LogP contribution in [-0.4, -0.2) is 43.4 Å². The predicted molar refractivity (Wildman–Crippen MR) is 126 cm³/mol. The minimum atomic E-state index is -0.521. The normalized spacial score (nSPS) is 16.8. The van der Waals surface area contributed by atoms with Crippen LogP contribution in [0.3, 0.4) is 0 Å². The monoisotopic (exact) mass is 416 g/mol. The number of nitro groups is 1. The first kappa shape index (κ1) is 21.8. The number of rotatable bonds is 5. The molecule has 6 nitrogen and oxygen atoms in total. The van der Waals surface area contributed by atoms with Crippen molar-refractivity contribution in [2.75, 3.05) is 33.1 Å². The Morgan fingerprint density at radius 1 is 0.935 bits per heavy atom. The fourth-order valence-electron chi connectivity index (χ4n) is 2.93. The molecular formula is C25H26N3O3+. The quantitative estimate of drug-likeness (QED) is 0.403. The van der Waals surface area contributed by atoms with Gasteiger partial charge in [0, 0.05) is 31.9 Å². The van der Waals surface area contributed by atoms with Gasteiger partial charge in [-0.3, -0.25) is 10.1 Å². The van der Waals surface area contributed by atoms with E-state index in [-0.39, 0.29) is 5.88 Å². The number of anilines is 1. The third-order valence-corrected chi connectivity index (χ3v) is 4.73. The van der Waals surface area contributed by atoms with Crippen LogP contribution in [0.25, 0.3) is 6.08 Å². The van der Waals surface area contributed by atoms with E-state index < -0.39 is 4.92 Å². The SMILES string of the molecule is CN(C)c1ccc(/C=C/C2=CC(=CC=C3C=CC(=[N+](C)C)C=C3)OC([N+](=O)[O-])=C2)cc1. The fourth-order valence-corrected chi connectivity index (χ4v) is 2.93. The van der Waals surface area contributed by atoms with Crippen molar-refractivity contribution in [3.63, 3.8) is 0 Å². The topological polar surface area (TPSA) is 58.6 Å². The van der Waals surface area contributed by atoms with Crippen LogP contribution in [0.2, 0.25) is 0 Å². The molecule has 0 aromatic heterocycles. The summed E-state index contributed by atoms with van der Waals surface area (Å²) in [4.78, 5) is 12.8. The van der Waals surface area contributed by atoms with Gasteiger partial charge in [0.1, 0.15) is 24.8 Å². The lowest BCUT2D eigenvalue weighted by Crippen LogP contribution is -2.09. The number of ether oxygens (including phenoxy) is 1. The Hall–Kier alpha value is -3.93. The summed E-state index contributed by atoms with van der Waals surface area (Å²) in [6.07, 6.45) is 18.6. The van der Waals surface area contributed by atoms with Crippen molar-refractivity contribution in [3.8, 4) is 0 Å². The molecule has 158 valence electrons. The second kappa shape index (κ2) is 9.71. The number of nitrogens with zero attached hydrogens (tertiary/aromatic N) is 3. The largest absolute Gasteiger partial charge is 0.433 e. The number of allylic oxidation sites excluding steroid dienone is 11. The molecule has 0 N–H and O–H groups in total. The summed E-state index contributed by atoms with van der Waals surface area (Å²) in [6, 6.07) is 8.06. The molecule has 0 spiro atoms. The van der Waals surface area contributed by atoms with E-state index in [4.69, 9.17) is 4.74 Å². The minimum absolute atomic E-state index is 0.298. The number of benzene rings is 1. The minimum Gasteiger partial charge on any atom is -0.401 e. The van der Waals surface area contributed by atoms with Crippen LogP contribution in [0.5, 0.6) is 0 Å². The standard InChI is InChI=1S/C25H26N3O3/c1-26(2)22-12-7-19(8-13-22)5-6-21-17-24(31-25(18-21)28(29)30)16-11-20-9-14-23(15-10-20)27(3)4/h5-18H,1-4H3/q+1. The maximum absolute atomic E-state index is 11.3. The smallest absolute Gasteiger partial charge is 0.401 e. The first-order valence-electron chi connectivity index (χ1n) is 9.85. The molecule has 3 rings (SSSR count). The predicted octanol–water partition coefficient (Wildman–Crippen LogP) is 4.49. The average molecular weight is 417 g/mol.